The van der Waals surface area contributed by atoms with Gasteiger partial charge in [-0.05, 0) is 81.3 Å². The molecule has 2 aliphatic rings. The number of fused-ring (bicyclic) bond motifs is 2. The number of anilines is 1. The van der Waals surface area contributed by atoms with Crippen molar-refractivity contribution in [3.63, 3.8) is 0 Å². The molecule has 2 aromatic rings. The van der Waals surface area contributed by atoms with E-state index in [4.69, 9.17) is 0 Å². The maximum absolute atomic E-state index is 13.1. The van der Waals surface area contributed by atoms with Crippen molar-refractivity contribution in [3.8, 4) is 0 Å². The van der Waals surface area contributed by atoms with Crippen LogP contribution >= 0.6 is 0 Å². The maximum Gasteiger partial charge on any atom is 0.322 e. The SMILES string of the molecule is Cc1cc(C)cc(NC(=O)N2C3CCCC2CC(NC(=O)c2ccccc2)C3)c1. The first-order valence-electron chi connectivity index (χ1n) is 10.5. The van der Waals surface area contributed by atoms with E-state index in [1.54, 1.807) is 0 Å². The van der Waals surface area contributed by atoms with Crippen molar-refractivity contribution in [2.24, 2.45) is 0 Å². The molecule has 2 fully saturated rings. The third-order valence-corrected chi connectivity index (χ3v) is 6.05. The first kappa shape index (κ1) is 19.5. The lowest BCUT2D eigenvalue weighted by molar-refractivity contribution is 0.0577. The van der Waals surface area contributed by atoms with Crippen LogP contribution < -0.4 is 10.6 Å². The second kappa shape index (κ2) is 8.27. The Bertz CT molecular complexity index is 862. The van der Waals surface area contributed by atoms with Crippen LogP contribution in [0.2, 0.25) is 0 Å². The molecule has 2 aromatic carbocycles. The summed E-state index contributed by atoms with van der Waals surface area (Å²) in [6.45, 7) is 4.08. The highest BCUT2D eigenvalue weighted by Crippen LogP contribution is 2.34. The van der Waals surface area contributed by atoms with E-state index in [0.29, 0.717) is 5.56 Å². The van der Waals surface area contributed by atoms with Gasteiger partial charge in [-0.3, -0.25) is 4.79 Å². The normalized spacial score (nSPS) is 23.4. The van der Waals surface area contributed by atoms with Crippen LogP contribution in [-0.4, -0.2) is 35.0 Å². The molecule has 4 rings (SSSR count). The molecule has 2 saturated heterocycles. The maximum atomic E-state index is 13.1. The number of carbonyl (C=O) groups excluding carboxylic acids is 2. The Labute approximate surface area is 172 Å². The van der Waals surface area contributed by atoms with Crippen molar-refractivity contribution >= 4 is 17.6 Å². The van der Waals surface area contributed by atoms with E-state index in [-0.39, 0.29) is 30.1 Å². The average molecular weight is 392 g/mol. The highest BCUT2D eigenvalue weighted by molar-refractivity contribution is 5.94. The van der Waals surface area contributed by atoms with Crippen LogP contribution in [-0.2, 0) is 0 Å². The summed E-state index contributed by atoms with van der Waals surface area (Å²) in [5, 5.41) is 6.29. The van der Waals surface area contributed by atoms with E-state index in [9.17, 15) is 9.59 Å². The van der Waals surface area contributed by atoms with Crippen LogP contribution in [0.25, 0.3) is 0 Å². The predicted molar refractivity (Wildman–Crippen MR) is 115 cm³/mol. The van der Waals surface area contributed by atoms with E-state index < -0.39 is 0 Å². The Morgan fingerprint density at radius 1 is 0.931 bits per heavy atom. The molecule has 152 valence electrons. The number of urea groups is 1. The molecule has 2 atom stereocenters. The topological polar surface area (TPSA) is 61.4 Å². The summed E-state index contributed by atoms with van der Waals surface area (Å²) in [6.07, 6.45) is 4.76. The van der Waals surface area contributed by atoms with E-state index >= 15 is 0 Å². The van der Waals surface area contributed by atoms with Crippen LogP contribution in [0.5, 0.6) is 0 Å². The van der Waals surface area contributed by atoms with Gasteiger partial charge in [0.1, 0.15) is 0 Å². The monoisotopic (exact) mass is 391 g/mol. The van der Waals surface area contributed by atoms with Crippen LogP contribution in [0.1, 0.15) is 53.6 Å². The highest BCUT2D eigenvalue weighted by atomic mass is 16.2. The predicted octanol–water partition coefficient (Wildman–Crippen LogP) is 4.65. The van der Waals surface area contributed by atoms with Gasteiger partial charge in [0.25, 0.3) is 5.91 Å². The van der Waals surface area contributed by atoms with Gasteiger partial charge < -0.3 is 15.5 Å². The van der Waals surface area contributed by atoms with Crippen LogP contribution in [0.3, 0.4) is 0 Å². The zero-order chi connectivity index (χ0) is 20.4. The number of amides is 3. The lowest BCUT2D eigenvalue weighted by atomic mass is 9.82. The molecule has 0 aromatic heterocycles. The number of piperidine rings is 2. The molecule has 0 radical (unpaired) electrons. The largest absolute Gasteiger partial charge is 0.349 e. The Hall–Kier alpha value is -2.82. The molecule has 5 nitrogen and oxygen atoms in total. The van der Waals surface area contributed by atoms with Gasteiger partial charge in [-0.25, -0.2) is 4.79 Å². The van der Waals surface area contributed by atoms with Crippen LogP contribution in [0, 0.1) is 13.8 Å². The quantitative estimate of drug-likeness (QED) is 0.800. The number of aryl methyl sites for hydroxylation is 2. The Morgan fingerprint density at radius 3 is 2.17 bits per heavy atom. The number of nitrogens with zero attached hydrogens (tertiary/aromatic N) is 1. The molecule has 0 aliphatic carbocycles. The van der Waals surface area contributed by atoms with Crippen LogP contribution in [0.15, 0.2) is 48.5 Å². The molecule has 2 bridgehead atoms. The molecule has 2 unspecified atom stereocenters. The molecule has 0 spiro atoms. The highest BCUT2D eigenvalue weighted by Gasteiger charge is 2.41. The van der Waals surface area contributed by atoms with Gasteiger partial charge in [0.05, 0.1) is 0 Å². The van der Waals surface area contributed by atoms with Gasteiger partial charge in [0.2, 0.25) is 0 Å². The van der Waals surface area contributed by atoms with Gasteiger partial charge in [0.15, 0.2) is 0 Å². The Morgan fingerprint density at radius 2 is 1.55 bits per heavy atom. The first-order valence-corrected chi connectivity index (χ1v) is 10.5. The number of rotatable bonds is 3. The zero-order valence-corrected chi connectivity index (χ0v) is 17.2. The summed E-state index contributed by atoms with van der Waals surface area (Å²) < 4.78 is 0. The van der Waals surface area contributed by atoms with Crippen LogP contribution in [0.4, 0.5) is 10.5 Å². The smallest absolute Gasteiger partial charge is 0.322 e. The van der Waals surface area contributed by atoms with Crippen molar-refractivity contribution in [3.05, 3.63) is 65.2 Å². The van der Waals surface area contributed by atoms with Crippen molar-refractivity contribution < 1.29 is 9.59 Å². The molecule has 0 saturated carbocycles. The number of carbonyl (C=O) groups is 2. The number of hydrogen-bond acceptors (Lipinski definition) is 2. The fourth-order valence-corrected chi connectivity index (χ4v) is 4.92. The molecular weight excluding hydrogens is 362 g/mol. The summed E-state index contributed by atoms with van der Waals surface area (Å²) in [4.78, 5) is 27.7. The molecule has 2 N–H and O–H groups in total. The number of nitrogens with one attached hydrogen (secondary N) is 2. The van der Waals surface area contributed by atoms with E-state index in [2.05, 4.69) is 16.7 Å². The molecule has 3 amide bonds. The average Bonchev–Trinajstić information content (AvgIpc) is 2.67. The second-order valence-electron chi connectivity index (χ2n) is 8.46. The molecule has 29 heavy (non-hydrogen) atoms. The van der Waals surface area contributed by atoms with Crippen molar-refractivity contribution in [1.82, 2.24) is 10.2 Å². The van der Waals surface area contributed by atoms with E-state index in [1.165, 1.54) is 0 Å². The van der Waals surface area contributed by atoms with Gasteiger partial charge in [-0.1, -0.05) is 24.3 Å². The van der Waals surface area contributed by atoms with Crippen molar-refractivity contribution in [2.75, 3.05) is 5.32 Å². The number of benzene rings is 2. The third-order valence-electron chi connectivity index (χ3n) is 6.05. The molecule has 5 heteroatoms. The third kappa shape index (κ3) is 4.44. The Kier molecular flexibility index (Phi) is 5.56. The van der Waals surface area contributed by atoms with Crippen molar-refractivity contribution in [2.45, 2.75) is 64.1 Å². The van der Waals surface area contributed by atoms with Gasteiger partial charge in [0, 0.05) is 29.4 Å². The summed E-state index contributed by atoms with van der Waals surface area (Å²) in [5.41, 5.74) is 3.82. The van der Waals surface area contributed by atoms with Crippen molar-refractivity contribution in [1.29, 1.82) is 0 Å². The standard InChI is InChI=1S/C24H29N3O2/c1-16-11-17(2)13-19(12-16)26-24(29)27-21-9-6-10-22(27)15-20(14-21)25-23(28)18-7-4-3-5-8-18/h3-5,7-8,11-13,20-22H,6,9-10,14-15H2,1-2H3,(H,25,28)(H,26,29). The van der Waals surface area contributed by atoms with Gasteiger partial charge in [-0.2, -0.15) is 0 Å². The summed E-state index contributed by atoms with van der Waals surface area (Å²) in [6, 6.07) is 15.9. The molecule has 2 aliphatic heterocycles. The number of hydrogen-bond donors (Lipinski definition) is 2. The summed E-state index contributed by atoms with van der Waals surface area (Å²) in [5.74, 6) is -0.0261. The summed E-state index contributed by atoms with van der Waals surface area (Å²) in [7, 11) is 0. The van der Waals surface area contributed by atoms with E-state index in [1.807, 2.05) is 61.2 Å². The fraction of sp³-hybridized carbons (Fsp3) is 0.417. The minimum absolute atomic E-state index is 0.0162. The fourth-order valence-electron chi connectivity index (χ4n) is 4.92. The lowest BCUT2D eigenvalue weighted by Crippen LogP contribution is -2.59. The molecular formula is C24H29N3O2. The van der Waals surface area contributed by atoms with Gasteiger partial charge in [-0.15, -0.1) is 0 Å². The molecule has 2 heterocycles. The van der Waals surface area contributed by atoms with E-state index in [0.717, 1.165) is 48.9 Å². The lowest BCUT2D eigenvalue weighted by Gasteiger charge is -2.48. The second-order valence-corrected chi connectivity index (χ2v) is 8.46. The first-order chi connectivity index (χ1) is 14.0. The summed E-state index contributed by atoms with van der Waals surface area (Å²) >= 11 is 0. The minimum atomic E-state index is -0.0261. The zero-order valence-electron chi connectivity index (χ0n) is 17.2. The Balaban J connectivity index is 1.43. The van der Waals surface area contributed by atoms with Gasteiger partial charge >= 0.3 is 6.03 Å². The minimum Gasteiger partial charge on any atom is -0.349 e.